The molecular weight excluding hydrogens is 258 g/mol. The number of nitrogens with one attached hydrogen (secondary N) is 1. The minimum absolute atomic E-state index is 0.228. The summed E-state index contributed by atoms with van der Waals surface area (Å²) in [5, 5.41) is 4.53. The molecule has 3 nitrogen and oxygen atoms in total. The highest BCUT2D eigenvalue weighted by atomic mass is 14.9. The molecule has 2 heterocycles. The predicted molar refractivity (Wildman–Crippen MR) is 86.2 cm³/mol. The summed E-state index contributed by atoms with van der Waals surface area (Å²) in [6.07, 6.45) is 2.80. The molecule has 0 saturated heterocycles. The van der Waals surface area contributed by atoms with Crippen molar-refractivity contribution in [3.05, 3.63) is 71.7 Å². The van der Waals surface area contributed by atoms with Crippen molar-refractivity contribution in [1.82, 2.24) is 15.3 Å². The van der Waals surface area contributed by atoms with Gasteiger partial charge in [0.25, 0.3) is 0 Å². The summed E-state index contributed by atoms with van der Waals surface area (Å²) in [7, 11) is 1.98. The molecule has 0 fully saturated rings. The highest BCUT2D eigenvalue weighted by Crippen LogP contribution is 2.19. The summed E-state index contributed by atoms with van der Waals surface area (Å²) in [6.45, 7) is 2.00. The van der Waals surface area contributed by atoms with Gasteiger partial charge in [-0.25, -0.2) is 0 Å². The van der Waals surface area contributed by atoms with Crippen molar-refractivity contribution >= 4 is 10.9 Å². The van der Waals surface area contributed by atoms with Gasteiger partial charge in [0.15, 0.2) is 0 Å². The van der Waals surface area contributed by atoms with Crippen LogP contribution in [0.25, 0.3) is 10.9 Å². The van der Waals surface area contributed by atoms with Gasteiger partial charge in [0.2, 0.25) is 0 Å². The molecule has 1 aromatic carbocycles. The number of fused-ring (bicyclic) bond motifs is 1. The van der Waals surface area contributed by atoms with Gasteiger partial charge in [0.1, 0.15) is 0 Å². The van der Waals surface area contributed by atoms with Crippen molar-refractivity contribution in [2.75, 3.05) is 7.05 Å². The summed E-state index contributed by atoms with van der Waals surface area (Å²) in [5.74, 6) is 0. The van der Waals surface area contributed by atoms with Gasteiger partial charge in [-0.15, -0.1) is 0 Å². The van der Waals surface area contributed by atoms with Crippen LogP contribution in [0.1, 0.15) is 23.0 Å². The number of nitrogens with zero attached hydrogens (tertiary/aromatic N) is 2. The number of likely N-dealkylation sites (N-methyl/N-ethyl adjacent to an activating group) is 1. The largest absolute Gasteiger partial charge is 0.313 e. The molecule has 0 amide bonds. The molecule has 0 aliphatic carbocycles. The lowest BCUT2D eigenvalue weighted by molar-refractivity contribution is 0.583. The van der Waals surface area contributed by atoms with Crippen LogP contribution in [-0.2, 0) is 6.42 Å². The molecule has 3 rings (SSSR count). The number of benzene rings is 1. The van der Waals surface area contributed by atoms with Crippen LogP contribution in [0.2, 0.25) is 0 Å². The van der Waals surface area contributed by atoms with Gasteiger partial charge in [0, 0.05) is 35.4 Å². The summed E-state index contributed by atoms with van der Waals surface area (Å²) < 4.78 is 0. The second-order valence-corrected chi connectivity index (χ2v) is 5.27. The molecule has 0 aliphatic heterocycles. The van der Waals surface area contributed by atoms with Crippen molar-refractivity contribution in [3.63, 3.8) is 0 Å². The second kappa shape index (κ2) is 6.02. The molecule has 1 unspecified atom stereocenters. The van der Waals surface area contributed by atoms with Gasteiger partial charge in [-0.05, 0) is 37.7 Å². The molecule has 0 spiro atoms. The van der Waals surface area contributed by atoms with Crippen molar-refractivity contribution in [2.24, 2.45) is 0 Å². The smallest absolute Gasteiger partial charge is 0.0705 e. The monoisotopic (exact) mass is 277 g/mol. The van der Waals surface area contributed by atoms with Crippen molar-refractivity contribution in [3.8, 4) is 0 Å². The van der Waals surface area contributed by atoms with Crippen LogP contribution in [0, 0.1) is 6.92 Å². The summed E-state index contributed by atoms with van der Waals surface area (Å²) >= 11 is 0. The van der Waals surface area contributed by atoms with Crippen LogP contribution in [0.3, 0.4) is 0 Å². The standard InChI is InChI=1S/C18H19N3/c1-13-7-8-15(12-20-13)18(19-2)11-16-10-9-14-5-3-4-6-17(14)21-16/h3-10,12,18-19H,11H2,1-2H3. The highest BCUT2D eigenvalue weighted by Gasteiger charge is 2.11. The molecular formula is C18H19N3. The minimum atomic E-state index is 0.228. The van der Waals surface area contributed by atoms with E-state index in [1.807, 2.05) is 38.4 Å². The number of hydrogen-bond donors (Lipinski definition) is 1. The topological polar surface area (TPSA) is 37.8 Å². The third kappa shape index (κ3) is 3.09. The fraction of sp³-hybridized carbons (Fsp3) is 0.222. The van der Waals surface area contributed by atoms with E-state index in [9.17, 15) is 0 Å². The van der Waals surface area contributed by atoms with Crippen molar-refractivity contribution in [1.29, 1.82) is 0 Å². The van der Waals surface area contributed by atoms with E-state index < -0.39 is 0 Å². The van der Waals surface area contributed by atoms with E-state index in [0.29, 0.717) is 0 Å². The van der Waals surface area contributed by atoms with Gasteiger partial charge in [-0.2, -0.15) is 0 Å². The van der Waals surface area contributed by atoms with Gasteiger partial charge < -0.3 is 5.32 Å². The highest BCUT2D eigenvalue weighted by molar-refractivity contribution is 5.78. The van der Waals surface area contributed by atoms with E-state index >= 15 is 0 Å². The van der Waals surface area contributed by atoms with Gasteiger partial charge in [0.05, 0.1) is 5.52 Å². The SMILES string of the molecule is CNC(Cc1ccc2ccccc2n1)c1ccc(C)nc1. The molecule has 0 radical (unpaired) electrons. The summed E-state index contributed by atoms with van der Waals surface area (Å²) in [5.41, 5.74) is 4.37. The van der Waals surface area contributed by atoms with Gasteiger partial charge in [-0.1, -0.05) is 30.3 Å². The Morgan fingerprint density at radius 3 is 2.67 bits per heavy atom. The Kier molecular flexibility index (Phi) is 3.93. The Morgan fingerprint density at radius 2 is 1.90 bits per heavy atom. The lowest BCUT2D eigenvalue weighted by atomic mass is 10.0. The zero-order valence-electron chi connectivity index (χ0n) is 12.4. The molecule has 3 heteroatoms. The van der Waals surface area contributed by atoms with Crippen molar-refractivity contribution < 1.29 is 0 Å². The quantitative estimate of drug-likeness (QED) is 0.794. The Bertz CT molecular complexity index is 735. The average Bonchev–Trinajstić information content (AvgIpc) is 2.53. The molecule has 2 aromatic heterocycles. The van der Waals surface area contributed by atoms with Crippen LogP contribution in [0.15, 0.2) is 54.7 Å². The van der Waals surface area contributed by atoms with E-state index in [-0.39, 0.29) is 6.04 Å². The third-order valence-corrected chi connectivity index (χ3v) is 3.75. The Morgan fingerprint density at radius 1 is 1.05 bits per heavy atom. The second-order valence-electron chi connectivity index (χ2n) is 5.27. The Labute approximate surface area is 125 Å². The lowest BCUT2D eigenvalue weighted by Crippen LogP contribution is -2.19. The Balaban J connectivity index is 1.86. The van der Waals surface area contributed by atoms with E-state index in [4.69, 9.17) is 4.98 Å². The van der Waals surface area contributed by atoms with Crippen LogP contribution in [0.4, 0.5) is 0 Å². The lowest BCUT2D eigenvalue weighted by Gasteiger charge is -2.16. The predicted octanol–water partition coefficient (Wildman–Crippen LogP) is 3.44. The number of aryl methyl sites for hydroxylation is 1. The van der Waals surface area contributed by atoms with E-state index in [2.05, 4.69) is 40.6 Å². The van der Waals surface area contributed by atoms with E-state index in [0.717, 1.165) is 23.3 Å². The molecule has 1 N–H and O–H groups in total. The first kappa shape index (κ1) is 13.7. The zero-order chi connectivity index (χ0) is 14.7. The first-order valence-corrected chi connectivity index (χ1v) is 7.21. The number of pyridine rings is 2. The maximum atomic E-state index is 4.75. The molecule has 0 bridgehead atoms. The van der Waals surface area contributed by atoms with E-state index in [1.54, 1.807) is 0 Å². The van der Waals surface area contributed by atoms with Gasteiger partial charge in [-0.3, -0.25) is 9.97 Å². The van der Waals surface area contributed by atoms with E-state index in [1.165, 1.54) is 10.9 Å². The zero-order valence-corrected chi connectivity index (χ0v) is 12.4. The fourth-order valence-corrected chi connectivity index (χ4v) is 2.50. The summed E-state index contributed by atoms with van der Waals surface area (Å²) in [6, 6.07) is 16.9. The molecule has 21 heavy (non-hydrogen) atoms. The normalized spacial score (nSPS) is 12.5. The first-order valence-electron chi connectivity index (χ1n) is 7.21. The van der Waals surface area contributed by atoms with Crippen molar-refractivity contribution in [2.45, 2.75) is 19.4 Å². The maximum Gasteiger partial charge on any atom is 0.0705 e. The Hall–Kier alpha value is -2.26. The average molecular weight is 277 g/mol. The van der Waals surface area contributed by atoms with Gasteiger partial charge >= 0.3 is 0 Å². The molecule has 3 aromatic rings. The fourth-order valence-electron chi connectivity index (χ4n) is 2.50. The summed E-state index contributed by atoms with van der Waals surface area (Å²) in [4.78, 5) is 9.12. The number of hydrogen-bond acceptors (Lipinski definition) is 3. The van der Waals surface area contributed by atoms with Crippen LogP contribution >= 0.6 is 0 Å². The first-order chi connectivity index (χ1) is 10.3. The van der Waals surface area contributed by atoms with Crippen LogP contribution in [0.5, 0.6) is 0 Å². The van der Waals surface area contributed by atoms with Crippen LogP contribution < -0.4 is 5.32 Å². The molecule has 1 atom stereocenters. The molecule has 0 aliphatic rings. The number of para-hydroxylation sites is 1. The number of aromatic nitrogens is 2. The van der Waals surface area contributed by atoms with Crippen LogP contribution in [-0.4, -0.2) is 17.0 Å². The minimum Gasteiger partial charge on any atom is -0.313 e. The molecule has 106 valence electrons. The third-order valence-electron chi connectivity index (χ3n) is 3.75. The number of rotatable bonds is 4. The molecule has 0 saturated carbocycles. The maximum absolute atomic E-state index is 4.75.